The van der Waals surface area contributed by atoms with Gasteiger partial charge in [0.25, 0.3) is 5.91 Å². The number of carbonyl (C=O) groups excluding carboxylic acids is 1. The van der Waals surface area contributed by atoms with Gasteiger partial charge in [0.2, 0.25) is 15.9 Å². The highest BCUT2D eigenvalue weighted by atomic mass is 32.2. The Balaban J connectivity index is 1.58. The molecule has 0 bridgehead atoms. The van der Waals surface area contributed by atoms with E-state index >= 15 is 0 Å². The van der Waals surface area contributed by atoms with Crippen molar-refractivity contribution in [3.8, 4) is 0 Å². The summed E-state index contributed by atoms with van der Waals surface area (Å²) in [5.41, 5.74) is 1.25. The van der Waals surface area contributed by atoms with Gasteiger partial charge >= 0.3 is 0 Å². The van der Waals surface area contributed by atoms with Crippen LogP contribution in [0.15, 0.2) is 39.8 Å². The Morgan fingerprint density at radius 2 is 2.11 bits per heavy atom. The fourth-order valence-electron chi connectivity index (χ4n) is 3.21. The van der Waals surface area contributed by atoms with E-state index in [1.807, 2.05) is 6.92 Å². The third-order valence-electron chi connectivity index (χ3n) is 4.74. The molecular weight excluding hydrogens is 382 g/mol. The van der Waals surface area contributed by atoms with Crippen LogP contribution in [0.5, 0.6) is 0 Å². The number of nitrogens with one attached hydrogen (secondary N) is 1. The topological polar surface area (TPSA) is 102 Å². The maximum absolute atomic E-state index is 12.6. The molecule has 1 aromatic heterocycles. The molecule has 1 aliphatic rings. The van der Waals surface area contributed by atoms with Gasteiger partial charge in [0, 0.05) is 26.7 Å². The molecule has 8 nitrogen and oxygen atoms in total. The molecule has 2 aromatic rings. The van der Waals surface area contributed by atoms with Crippen LogP contribution in [-0.2, 0) is 21.4 Å². The summed E-state index contributed by atoms with van der Waals surface area (Å²) in [7, 11) is -2.04. The van der Waals surface area contributed by atoms with E-state index in [4.69, 9.17) is 9.15 Å². The first-order valence-corrected chi connectivity index (χ1v) is 10.7. The summed E-state index contributed by atoms with van der Waals surface area (Å²) in [6.07, 6.45) is 3.00. The van der Waals surface area contributed by atoms with Crippen molar-refractivity contribution >= 4 is 15.9 Å². The lowest BCUT2D eigenvalue weighted by Crippen LogP contribution is -2.43. The zero-order valence-corrected chi connectivity index (χ0v) is 16.9. The average Bonchev–Trinajstić information content (AvgIpc) is 3.15. The van der Waals surface area contributed by atoms with E-state index in [1.165, 1.54) is 13.4 Å². The minimum Gasteiger partial charge on any atom is -0.446 e. The average molecular weight is 407 g/mol. The Bertz CT molecular complexity index is 908. The first-order valence-electron chi connectivity index (χ1n) is 9.18. The Kier molecular flexibility index (Phi) is 6.48. The summed E-state index contributed by atoms with van der Waals surface area (Å²) in [6, 6.07) is 6.73. The van der Waals surface area contributed by atoms with Crippen molar-refractivity contribution in [1.29, 1.82) is 0 Å². The minimum absolute atomic E-state index is 0.0447. The van der Waals surface area contributed by atoms with Crippen LogP contribution in [0, 0.1) is 12.8 Å². The van der Waals surface area contributed by atoms with Crippen LogP contribution in [0.1, 0.15) is 34.8 Å². The SMILES string of the molecule is COCc1nc(C(=O)N2CCC[C@H](CNS(=O)(=O)c3ccc(C)cc3)C2)co1. The molecule has 3 rings (SSSR count). The van der Waals surface area contributed by atoms with Crippen LogP contribution in [0.3, 0.4) is 0 Å². The number of rotatable bonds is 7. The molecule has 9 heteroatoms. The number of carbonyl (C=O) groups is 1. The van der Waals surface area contributed by atoms with Gasteiger partial charge in [-0.05, 0) is 37.8 Å². The molecule has 1 amide bonds. The van der Waals surface area contributed by atoms with E-state index < -0.39 is 10.0 Å². The predicted octanol–water partition coefficient (Wildman–Crippen LogP) is 1.96. The van der Waals surface area contributed by atoms with Gasteiger partial charge in [-0.25, -0.2) is 18.1 Å². The van der Waals surface area contributed by atoms with Crippen LogP contribution in [0.4, 0.5) is 0 Å². The van der Waals surface area contributed by atoms with E-state index in [1.54, 1.807) is 29.2 Å². The molecule has 152 valence electrons. The van der Waals surface area contributed by atoms with Gasteiger partial charge in [-0.2, -0.15) is 0 Å². The maximum atomic E-state index is 12.6. The molecule has 0 unspecified atom stereocenters. The number of sulfonamides is 1. The van der Waals surface area contributed by atoms with Crippen molar-refractivity contribution in [2.75, 3.05) is 26.7 Å². The number of aromatic nitrogens is 1. The lowest BCUT2D eigenvalue weighted by molar-refractivity contribution is 0.0670. The van der Waals surface area contributed by atoms with Gasteiger partial charge < -0.3 is 14.1 Å². The summed E-state index contributed by atoms with van der Waals surface area (Å²) in [6.45, 7) is 3.49. The smallest absolute Gasteiger partial charge is 0.275 e. The molecule has 1 fully saturated rings. The van der Waals surface area contributed by atoms with Crippen molar-refractivity contribution in [3.05, 3.63) is 47.7 Å². The summed E-state index contributed by atoms with van der Waals surface area (Å²) in [4.78, 5) is 18.7. The standard InChI is InChI=1S/C19H25N3O5S/c1-14-5-7-16(8-6-14)28(24,25)20-10-15-4-3-9-22(11-15)19(23)17-12-27-18(21-17)13-26-2/h5-8,12,15,20H,3-4,9-11,13H2,1-2H3/t15-/m1/s1. The predicted molar refractivity (Wildman–Crippen MR) is 102 cm³/mol. The molecule has 0 spiro atoms. The molecule has 1 aromatic carbocycles. The monoisotopic (exact) mass is 407 g/mol. The molecule has 0 aliphatic carbocycles. The van der Waals surface area contributed by atoms with Gasteiger partial charge in [-0.3, -0.25) is 4.79 Å². The van der Waals surface area contributed by atoms with Gasteiger partial charge in [-0.15, -0.1) is 0 Å². The van der Waals surface area contributed by atoms with Crippen molar-refractivity contribution in [2.24, 2.45) is 5.92 Å². The highest BCUT2D eigenvalue weighted by Gasteiger charge is 2.27. The molecule has 1 atom stereocenters. The number of benzene rings is 1. The van der Waals surface area contributed by atoms with Gasteiger partial charge in [0.05, 0.1) is 4.90 Å². The van der Waals surface area contributed by atoms with Crippen molar-refractivity contribution < 1.29 is 22.4 Å². The lowest BCUT2D eigenvalue weighted by Gasteiger charge is -2.32. The lowest BCUT2D eigenvalue weighted by atomic mass is 9.98. The molecule has 0 radical (unpaired) electrons. The summed E-state index contributed by atoms with van der Waals surface area (Å²) >= 11 is 0. The van der Waals surface area contributed by atoms with Gasteiger partial charge in [0.1, 0.15) is 12.9 Å². The maximum Gasteiger partial charge on any atom is 0.275 e. The summed E-state index contributed by atoms with van der Waals surface area (Å²) < 4.78 is 37.8. The third kappa shape index (κ3) is 4.98. The zero-order valence-electron chi connectivity index (χ0n) is 16.1. The van der Waals surface area contributed by atoms with Crippen LogP contribution >= 0.6 is 0 Å². The molecular formula is C19H25N3O5S. The fourth-order valence-corrected chi connectivity index (χ4v) is 4.32. The Morgan fingerprint density at radius 3 is 2.82 bits per heavy atom. The second-order valence-corrected chi connectivity index (χ2v) is 8.75. The molecule has 1 N–H and O–H groups in total. The Morgan fingerprint density at radius 1 is 1.36 bits per heavy atom. The van der Waals surface area contributed by atoms with Crippen molar-refractivity contribution in [2.45, 2.75) is 31.3 Å². The highest BCUT2D eigenvalue weighted by molar-refractivity contribution is 7.89. The van der Waals surface area contributed by atoms with E-state index in [0.29, 0.717) is 19.0 Å². The Hall–Kier alpha value is -2.23. The molecule has 1 saturated heterocycles. The quantitative estimate of drug-likeness (QED) is 0.753. The van der Waals surface area contributed by atoms with Crippen molar-refractivity contribution in [1.82, 2.24) is 14.6 Å². The number of likely N-dealkylation sites (tertiary alicyclic amines) is 1. The third-order valence-corrected chi connectivity index (χ3v) is 6.18. The zero-order chi connectivity index (χ0) is 20.1. The van der Waals surface area contributed by atoms with E-state index in [0.717, 1.165) is 18.4 Å². The Labute approximate surface area is 164 Å². The van der Waals surface area contributed by atoms with Crippen LogP contribution < -0.4 is 4.72 Å². The molecule has 28 heavy (non-hydrogen) atoms. The highest BCUT2D eigenvalue weighted by Crippen LogP contribution is 2.19. The number of piperidine rings is 1. The first-order chi connectivity index (χ1) is 13.4. The number of amides is 1. The number of hydrogen-bond acceptors (Lipinski definition) is 6. The normalized spacial score (nSPS) is 17.6. The second-order valence-electron chi connectivity index (χ2n) is 6.98. The van der Waals surface area contributed by atoms with Crippen molar-refractivity contribution in [3.63, 3.8) is 0 Å². The minimum atomic E-state index is -3.56. The van der Waals surface area contributed by atoms with Gasteiger partial charge in [0.15, 0.2) is 5.69 Å². The number of nitrogens with zero attached hydrogens (tertiary/aromatic N) is 2. The van der Waals surface area contributed by atoms with E-state index in [-0.39, 0.29) is 35.6 Å². The van der Waals surface area contributed by atoms with Crippen LogP contribution in [0.25, 0.3) is 0 Å². The fraction of sp³-hybridized carbons (Fsp3) is 0.474. The molecule has 2 heterocycles. The molecule has 0 saturated carbocycles. The summed E-state index contributed by atoms with van der Waals surface area (Å²) in [5.74, 6) is 0.186. The number of methoxy groups -OCH3 is 1. The largest absolute Gasteiger partial charge is 0.446 e. The second kappa shape index (κ2) is 8.85. The van der Waals surface area contributed by atoms with E-state index in [9.17, 15) is 13.2 Å². The van der Waals surface area contributed by atoms with E-state index in [2.05, 4.69) is 9.71 Å². The number of ether oxygens (including phenoxy) is 1. The number of hydrogen-bond donors (Lipinski definition) is 1. The number of aryl methyl sites for hydroxylation is 1. The van der Waals surface area contributed by atoms with Gasteiger partial charge in [-0.1, -0.05) is 17.7 Å². The first kappa shape index (κ1) is 20.5. The van der Waals surface area contributed by atoms with Crippen LogP contribution in [0.2, 0.25) is 0 Å². The summed E-state index contributed by atoms with van der Waals surface area (Å²) in [5, 5.41) is 0. The van der Waals surface area contributed by atoms with Crippen LogP contribution in [-0.4, -0.2) is 51.0 Å². The molecule has 1 aliphatic heterocycles. The number of oxazole rings is 1.